The first kappa shape index (κ1) is 16.1. The lowest BCUT2D eigenvalue weighted by atomic mass is 9.95. The summed E-state index contributed by atoms with van der Waals surface area (Å²) in [5.74, 6) is 2.07. The standard InChI is InChI=1S/C18H31N/c1-13(2)10-18(11-14(3)4)19-17-9-7-8-16(12-17)15(5)6/h7-9,12-15,18-19H,10-11H2,1-6H3. The molecular weight excluding hydrogens is 230 g/mol. The fourth-order valence-corrected chi connectivity index (χ4v) is 2.58. The van der Waals surface area contributed by atoms with Crippen LogP contribution in [0.4, 0.5) is 5.69 Å². The van der Waals surface area contributed by atoms with Crippen molar-refractivity contribution >= 4 is 5.69 Å². The van der Waals surface area contributed by atoms with Gasteiger partial charge in [-0.05, 0) is 48.3 Å². The molecule has 1 aromatic carbocycles. The lowest BCUT2D eigenvalue weighted by molar-refractivity contribution is 0.442. The summed E-state index contributed by atoms with van der Waals surface area (Å²) < 4.78 is 0. The molecule has 1 nitrogen and oxygen atoms in total. The van der Waals surface area contributed by atoms with Gasteiger partial charge in [-0.15, -0.1) is 0 Å². The van der Waals surface area contributed by atoms with Crippen molar-refractivity contribution in [1.82, 2.24) is 0 Å². The summed E-state index contributed by atoms with van der Waals surface area (Å²) >= 11 is 0. The smallest absolute Gasteiger partial charge is 0.0345 e. The minimum Gasteiger partial charge on any atom is -0.382 e. The Bertz CT molecular complexity index is 356. The molecular formula is C18H31N. The van der Waals surface area contributed by atoms with E-state index in [0.29, 0.717) is 12.0 Å². The molecule has 0 aliphatic carbocycles. The topological polar surface area (TPSA) is 12.0 Å². The number of hydrogen-bond acceptors (Lipinski definition) is 1. The van der Waals surface area contributed by atoms with Gasteiger partial charge in [-0.25, -0.2) is 0 Å². The van der Waals surface area contributed by atoms with Crippen molar-refractivity contribution in [2.45, 2.75) is 66.3 Å². The number of anilines is 1. The Hall–Kier alpha value is -0.980. The Kier molecular flexibility index (Phi) is 6.41. The predicted molar refractivity (Wildman–Crippen MR) is 86.9 cm³/mol. The lowest BCUT2D eigenvalue weighted by Crippen LogP contribution is -2.23. The first-order valence-corrected chi connectivity index (χ1v) is 7.75. The van der Waals surface area contributed by atoms with E-state index < -0.39 is 0 Å². The average Bonchev–Trinajstić information content (AvgIpc) is 2.27. The third-order valence-electron chi connectivity index (χ3n) is 3.44. The van der Waals surface area contributed by atoms with Gasteiger partial charge in [-0.3, -0.25) is 0 Å². The van der Waals surface area contributed by atoms with Crippen molar-refractivity contribution in [3.8, 4) is 0 Å². The number of hydrogen-bond donors (Lipinski definition) is 1. The van der Waals surface area contributed by atoms with Crippen LogP contribution in [0.2, 0.25) is 0 Å². The van der Waals surface area contributed by atoms with E-state index >= 15 is 0 Å². The maximum absolute atomic E-state index is 3.74. The van der Waals surface area contributed by atoms with Gasteiger partial charge in [-0.1, -0.05) is 53.7 Å². The van der Waals surface area contributed by atoms with Crippen molar-refractivity contribution in [3.05, 3.63) is 29.8 Å². The second kappa shape index (κ2) is 7.57. The zero-order valence-electron chi connectivity index (χ0n) is 13.5. The molecule has 1 N–H and O–H groups in total. The summed E-state index contributed by atoms with van der Waals surface area (Å²) in [6, 6.07) is 9.47. The molecule has 0 amide bonds. The Morgan fingerprint density at radius 1 is 0.895 bits per heavy atom. The van der Waals surface area contributed by atoms with Crippen LogP contribution in [0.3, 0.4) is 0 Å². The van der Waals surface area contributed by atoms with Crippen molar-refractivity contribution in [3.63, 3.8) is 0 Å². The molecule has 0 aromatic heterocycles. The molecule has 0 unspecified atom stereocenters. The molecule has 19 heavy (non-hydrogen) atoms. The lowest BCUT2D eigenvalue weighted by Gasteiger charge is -2.24. The highest BCUT2D eigenvalue weighted by Gasteiger charge is 2.13. The van der Waals surface area contributed by atoms with Crippen LogP contribution in [0.15, 0.2) is 24.3 Å². The third kappa shape index (κ3) is 6.13. The maximum atomic E-state index is 3.74. The van der Waals surface area contributed by atoms with Crippen molar-refractivity contribution in [2.75, 3.05) is 5.32 Å². The zero-order chi connectivity index (χ0) is 14.4. The van der Waals surface area contributed by atoms with Crippen molar-refractivity contribution in [1.29, 1.82) is 0 Å². The first-order valence-electron chi connectivity index (χ1n) is 7.75. The van der Waals surface area contributed by atoms with Crippen LogP contribution in [-0.4, -0.2) is 6.04 Å². The Labute approximate surface area is 119 Å². The van der Waals surface area contributed by atoms with E-state index in [2.05, 4.69) is 71.1 Å². The van der Waals surface area contributed by atoms with Gasteiger partial charge < -0.3 is 5.32 Å². The van der Waals surface area contributed by atoms with Gasteiger partial charge in [0, 0.05) is 11.7 Å². The zero-order valence-corrected chi connectivity index (χ0v) is 13.5. The number of benzene rings is 1. The van der Waals surface area contributed by atoms with Gasteiger partial charge >= 0.3 is 0 Å². The van der Waals surface area contributed by atoms with E-state index in [4.69, 9.17) is 0 Å². The van der Waals surface area contributed by atoms with E-state index in [9.17, 15) is 0 Å². The highest BCUT2D eigenvalue weighted by molar-refractivity contribution is 5.47. The summed E-state index contributed by atoms with van der Waals surface area (Å²) in [6.45, 7) is 13.7. The highest BCUT2D eigenvalue weighted by atomic mass is 14.9. The van der Waals surface area contributed by atoms with E-state index in [1.807, 2.05) is 0 Å². The van der Waals surface area contributed by atoms with Crippen molar-refractivity contribution in [2.24, 2.45) is 11.8 Å². The molecule has 0 saturated heterocycles. The Morgan fingerprint density at radius 3 is 1.95 bits per heavy atom. The normalized spacial score (nSPS) is 11.9. The molecule has 1 aromatic rings. The fraction of sp³-hybridized carbons (Fsp3) is 0.667. The van der Waals surface area contributed by atoms with Crippen LogP contribution in [-0.2, 0) is 0 Å². The SMILES string of the molecule is CC(C)CC(CC(C)C)Nc1cccc(C(C)C)c1. The molecule has 0 bridgehead atoms. The van der Waals surface area contributed by atoms with Crippen LogP contribution in [0, 0.1) is 11.8 Å². The molecule has 1 heteroatoms. The molecule has 0 spiro atoms. The molecule has 0 atom stereocenters. The van der Waals surface area contributed by atoms with Crippen molar-refractivity contribution < 1.29 is 0 Å². The van der Waals surface area contributed by atoms with Gasteiger partial charge in [0.05, 0.1) is 0 Å². The Morgan fingerprint density at radius 2 is 1.47 bits per heavy atom. The highest BCUT2D eigenvalue weighted by Crippen LogP contribution is 2.22. The minimum absolute atomic E-state index is 0.586. The predicted octanol–water partition coefficient (Wildman–Crippen LogP) is 5.68. The van der Waals surface area contributed by atoms with Gasteiger partial charge in [0.15, 0.2) is 0 Å². The monoisotopic (exact) mass is 261 g/mol. The minimum atomic E-state index is 0.586. The molecule has 0 aliphatic rings. The average molecular weight is 261 g/mol. The maximum Gasteiger partial charge on any atom is 0.0345 e. The molecule has 0 radical (unpaired) electrons. The second-order valence-corrected chi connectivity index (χ2v) is 6.88. The van der Waals surface area contributed by atoms with Gasteiger partial charge in [-0.2, -0.15) is 0 Å². The van der Waals surface area contributed by atoms with Crippen LogP contribution in [0.5, 0.6) is 0 Å². The summed E-state index contributed by atoms with van der Waals surface area (Å²) in [5, 5.41) is 3.74. The fourth-order valence-electron chi connectivity index (χ4n) is 2.58. The second-order valence-electron chi connectivity index (χ2n) is 6.88. The molecule has 1 rings (SSSR count). The van der Waals surface area contributed by atoms with E-state index in [1.165, 1.54) is 24.1 Å². The summed E-state index contributed by atoms with van der Waals surface area (Å²) in [5.41, 5.74) is 2.69. The van der Waals surface area contributed by atoms with Crippen LogP contribution >= 0.6 is 0 Å². The van der Waals surface area contributed by atoms with Gasteiger partial charge in [0.1, 0.15) is 0 Å². The molecule has 0 heterocycles. The number of rotatable bonds is 7. The quantitative estimate of drug-likeness (QED) is 0.665. The summed E-state index contributed by atoms with van der Waals surface area (Å²) in [7, 11) is 0. The van der Waals surface area contributed by atoms with E-state index in [-0.39, 0.29) is 0 Å². The van der Waals surface area contributed by atoms with Crippen LogP contribution in [0.25, 0.3) is 0 Å². The van der Waals surface area contributed by atoms with Crippen LogP contribution < -0.4 is 5.32 Å². The summed E-state index contributed by atoms with van der Waals surface area (Å²) in [4.78, 5) is 0. The van der Waals surface area contributed by atoms with Gasteiger partial charge in [0.25, 0.3) is 0 Å². The van der Waals surface area contributed by atoms with E-state index in [0.717, 1.165) is 11.8 Å². The molecule has 0 aliphatic heterocycles. The summed E-state index contributed by atoms with van der Waals surface area (Å²) in [6.07, 6.45) is 2.48. The molecule has 108 valence electrons. The largest absolute Gasteiger partial charge is 0.382 e. The molecule has 0 fully saturated rings. The first-order chi connectivity index (χ1) is 8.88. The van der Waals surface area contributed by atoms with Crippen LogP contribution in [0.1, 0.15) is 65.9 Å². The van der Waals surface area contributed by atoms with E-state index in [1.54, 1.807) is 0 Å². The molecule has 0 saturated carbocycles. The Balaban J connectivity index is 2.74. The third-order valence-corrected chi connectivity index (χ3v) is 3.44. The van der Waals surface area contributed by atoms with Gasteiger partial charge in [0.2, 0.25) is 0 Å². The number of nitrogens with one attached hydrogen (secondary N) is 1.